The highest BCUT2D eigenvalue weighted by Gasteiger charge is 2.28. The van der Waals surface area contributed by atoms with Crippen LogP contribution in [0.25, 0.3) is 0 Å². The number of hydrazine groups is 1. The second-order valence-electron chi connectivity index (χ2n) is 8.27. The maximum Gasteiger partial charge on any atom is 0.156 e. The zero-order valence-corrected chi connectivity index (χ0v) is 19.7. The summed E-state index contributed by atoms with van der Waals surface area (Å²) in [6.07, 6.45) is 11.9. The van der Waals surface area contributed by atoms with E-state index in [1.165, 1.54) is 0 Å². The van der Waals surface area contributed by atoms with Crippen molar-refractivity contribution in [3.8, 4) is 0 Å². The first-order valence-corrected chi connectivity index (χ1v) is 10.9. The molecule has 1 fully saturated rings. The average molecular weight is 436 g/mol. The van der Waals surface area contributed by atoms with Gasteiger partial charge < -0.3 is 30.7 Å². The van der Waals surface area contributed by atoms with Crippen LogP contribution < -0.4 is 11.6 Å². The maximum atomic E-state index is 9.80. The topological polar surface area (TPSA) is 121 Å². The Bertz CT molecular complexity index is 689. The van der Waals surface area contributed by atoms with Crippen molar-refractivity contribution in [1.29, 1.82) is 0 Å². The van der Waals surface area contributed by atoms with Crippen LogP contribution in [0.2, 0.25) is 0 Å². The van der Waals surface area contributed by atoms with Gasteiger partial charge >= 0.3 is 0 Å². The van der Waals surface area contributed by atoms with Gasteiger partial charge in [0.15, 0.2) is 6.29 Å². The molecule has 3 atom stereocenters. The zero-order valence-electron chi connectivity index (χ0n) is 19.7. The molecule has 1 aliphatic heterocycles. The molecule has 8 heteroatoms. The number of nitrogens with zero attached hydrogens (tertiary/aromatic N) is 3. The van der Waals surface area contributed by atoms with E-state index in [1.54, 1.807) is 18.1 Å². The molecule has 0 saturated carbocycles. The van der Waals surface area contributed by atoms with Crippen molar-refractivity contribution in [2.45, 2.75) is 71.8 Å². The second kappa shape index (κ2) is 14.0. The number of hydrogen-bond donors (Lipinski definition) is 4. The summed E-state index contributed by atoms with van der Waals surface area (Å²) in [6.45, 7) is 9.13. The van der Waals surface area contributed by atoms with E-state index in [2.05, 4.69) is 17.1 Å². The molecule has 0 radical (unpaired) electrons. The summed E-state index contributed by atoms with van der Waals surface area (Å²) in [6, 6.07) is 0.285. The van der Waals surface area contributed by atoms with Crippen molar-refractivity contribution < 1.29 is 15.1 Å². The lowest BCUT2D eigenvalue weighted by atomic mass is 10.0. The fraction of sp³-hybridized carbons (Fsp3) is 0.609. The molecule has 1 saturated heterocycles. The van der Waals surface area contributed by atoms with Crippen LogP contribution in [0, 0.1) is 0 Å². The minimum absolute atomic E-state index is 0.0590. The molecule has 0 amide bonds. The maximum absolute atomic E-state index is 9.80. The van der Waals surface area contributed by atoms with E-state index in [-0.39, 0.29) is 12.1 Å². The Morgan fingerprint density at radius 1 is 1.19 bits per heavy atom. The van der Waals surface area contributed by atoms with Crippen LogP contribution in [0.15, 0.2) is 52.5 Å². The van der Waals surface area contributed by atoms with Gasteiger partial charge in [0.1, 0.15) is 0 Å². The molecule has 0 aromatic carbocycles. The number of nitrogens with two attached hydrogens (primary N) is 2. The monoisotopic (exact) mass is 435 g/mol. The Labute approximate surface area is 187 Å². The predicted molar refractivity (Wildman–Crippen MR) is 126 cm³/mol. The largest absolute Gasteiger partial charge is 0.411 e. The normalized spacial score (nSPS) is 24.3. The Morgan fingerprint density at radius 3 is 2.52 bits per heavy atom. The highest BCUT2D eigenvalue weighted by molar-refractivity contribution is 6.00. The standard InChI is InChI=1S/C23H41N5O3/c1-6-7-20(19(4)26-30)9-8-17(2)10-13-28(25)16-21(24)11-12-27(5)22-14-18(3)31-23(29)15-22/h6-9,16,18,22-23,29-30H,10-15,24-25H2,1-5H3/b7-6-,17-8+,20-9+,21-16-,26-19-. The molecule has 0 aliphatic carbocycles. The van der Waals surface area contributed by atoms with Crippen molar-refractivity contribution in [2.24, 2.45) is 16.7 Å². The minimum atomic E-state index is -0.691. The summed E-state index contributed by atoms with van der Waals surface area (Å²) in [5, 5.41) is 23.6. The average Bonchev–Trinajstić information content (AvgIpc) is 2.72. The van der Waals surface area contributed by atoms with Gasteiger partial charge in [-0.15, -0.1) is 0 Å². The van der Waals surface area contributed by atoms with E-state index < -0.39 is 6.29 Å². The molecular formula is C23H41N5O3. The number of ether oxygens (including phenoxy) is 1. The van der Waals surface area contributed by atoms with Crippen molar-refractivity contribution in [1.82, 2.24) is 9.91 Å². The van der Waals surface area contributed by atoms with E-state index >= 15 is 0 Å². The Balaban J connectivity index is 2.50. The van der Waals surface area contributed by atoms with E-state index in [9.17, 15) is 5.11 Å². The van der Waals surface area contributed by atoms with Gasteiger partial charge in [-0.25, -0.2) is 5.84 Å². The first kappa shape index (κ1) is 26.9. The molecule has 1 aliphatic rings. The molecule has 6 N–H and O–H groups in total. The lowest BCUT2D eigenvalue weighted by Gasteiger charge is -2.36. The quantitative estimate of drug-likeness (QED) is 0.129. The van der Waals surface area contributed by atoms with Gasteiger partial charge in [0.05, 0.1) is 11.8 Å². The minimum Gasteiger partial charge on any atom is -0.411 e. The molecule has 31 heavy (non-hydrogen) atoms. The smallest absolute Gasteiger partial charge is 0.156 e. The van der Waals surface area contributed by atoms with Crippen LogP contribution in [0.4, 0.5) is 0 Å². The third kappa shape index (κ3) is 10.6. The number of oxime groups is 1. The highest BCUT2D eigenvalue weighted by Crippen LogP contribution is 2.22. The molecule has 8 nitrogen and oxygen atoms in total. The van der Waals surface area contributed by atoms with Gasteiger partial charge in [0.25, 0.3) is 0 Å². The third-order valence-electron chi connectivity index (χ3n) is 5.40. The first-order valence-electron chi connectivity index (χ1n) is 10.9. The number of hydrogen-bond acceptors (Lipinski definition) is 8. The number of allylic oxidation sites excluding steroid dienone is 5. The molecule has 0 aromatic heterocycles. The predicted octanol–water partition coefficient (Wildman–Crippen LogP) is 2.86. The van der Waals surface area contributed by atoms with Gasteiger partial charge in [-0.1, -0.05) is 35.0 Å². The summed E-state index contributed by atoms with van der Waals surface area (Å²) in [4.78, 5) is 2.23. The van der Waals surface area contributed by atoms with E-state index in [4.69, 9.17) is 21.5 Å². The molecule has 176 valence electrons. The van der Waals surface area contributed by atoms with Gasteiger partial charge in [0.2, 0.25) is 0 Å². The second-order valence-corrected chi connectivity index (χ2v) is 8.27. The van der Waals surface area contributed by atoms with Crippen molar-refractivity contribution in [2.75, 3.05) is 20.1 Å². The molecular weight excluding hydrogens is 394 g/mol. The summed E-state index contributed by atoms with van der Waals surface area (Å²) >= 11 is 0. The lowest BCUT2D eigenvalue weighted by molar-refractivity contribution is -0.173. The summed E-state index contributed by atoms with van der Waals surface area (Å²) in [5.41, 5.74) is 9.46. The SMILES string of the molecule is C\C=C/C(=C\C=C(/C)CCN(N)/C=C(\N)CCN(C)C1CC(C)OC(O)C1)C(/C)=N\O. The molecule has 0 bridgehead atoms. The fourth-order valence-corrected chi connectivity index (χ4v) is 3.44. The Kier molecular flexibility index (Phi) is 12.2. The summed E-state index contributed by atoms with van der Waals surface area (Å²) < 4.78 is 5.39. The van der Waals surface area contributed by atoms with Gasteiger partial charge in [-0.3, -0.25) is 0 Å². The number of aliphatic hydroxyl groups is 1. The molecule has 1 heterocycles. The van der Waals surface area contributed by atoms with Crippen LogP contribution in [-0.4, -0.2) is 64.5 Å². The molecule has 0 spiro atoms. The van der Waals surface area contributed by atoms with Crippen LogP contribution in [-0.2, 0) is 4.74 Å². The number of rotatable bonds is 11. The highest BCUT2D eigenvalue weighted by atomic mass is 16.6. The van der Waals surface area contributed by atoms with Crippen LogP contribution >= 0.6 is 0 Å². The summed E-state index contributed by atoms with van der Waals surface area (Å²) in [7, 11) is 2.05. The zero-order chi connectivity index (χ0) is 23.4. The molecule has 1 rings (SSSR count). The van der Waals surface area contributed by atoms with Gasteiger partial charge in [-0.2, -0.15) is 0 Å². The van der Waals surface area contributed by atoms with Crippen molar-refractivity contribution >= 4 is 5.71 Å². The van der Waals surface area contributed by atoms with E-state index in [0.29, 0.717) is 25.1 Å². The first-order chi connectivity index (χ1) is 14.7. The molecule has 3 unspecified atom stereocenters. The third-order valence-corrected chi connectivity index (χ3v) is 5.40. The lowest BCUT2D eigenvalue weighted by Crippen LogP contribution is -2.43. The van der Waals surface area contributed by atoms with Crippen LogP contribution in [0.5, 0.6) is 0 Å². The molecule has 0 aromatic rings. The van der Waals surface area contributed by atoms with Crippen LogP contribution in [0.1, 0.15) is 53.4 Å². The Hall–Kier alpha value is -2.13. The van der Waals surface area contributed by atoms with Crippen molar-refractivity contribution in [3.05, 3.63) is 47.3 Å². The van der Waals surface area contributed by atoms with Gasteiger partial charge in [-0.05, 0) is 53.2 Å². The van der Waals surface area contributed by atoms with E-state index in [1.807, 2.05) is 45.1 Å². The van der Waals surface area contributed by atoms with E-state index in [0.717, 1.165) is 36.2 Å². The van der Waals surface area contributed by atoms with Crippen molar-refractivity contribution in [3.63, 3.8) is 0 Å². The summed E-state index contributed by atoms with van der Waals surface area (Å²) in [5.74, 6) is 6.09. The van der Waals surface area contributed by atoms with Gasteiger partial charge in [0, 0.05) is 43.9 Å². The Morgan fingerprint density at radius 2 is 1.90 bits per heavy atom. The fourth-order valence-electron chi connectivity index (χ4n) is 3.44. The number of aliphatic hydroxyl groups excluding tert-OH is 1. The van der Waals surface area contributed by atoms with Crippen LogP contribution in [0.3, 0.4) is 0 Å².